The van der Waals surface area contributed by atoms with E-state index in [2.05, 4.69) is 26.5 Å². The van der Waals surface area contributed by atoms with Crippen LogP contribution in [0.5, 0.6) is 17.2 Å². The average Bonchev–Trinajstić information content (AvgIpc) is 2.66. The number of carbonyl (C=O) groups excluding carboxylic acids is 1. The zero-order valence-electron chi connectivity index (χ0n) is 14.9. The van der Waals surface area contributed by atoms with Gasteiger partial charge in [0.2, 0.25) is 0 Å². The molecule has 10 heteroatoms. The Morgan fingerprint density at radius 3 is 2.57 bits per heavy atom. The molecule has 0 fully saturated rings. The van der Waals surface area contributed by atoms with Gasteiger partial charge in [-0.2, -0.15) is 5.10 Å². The van der Waals surface area contributed by atoms with E-state index in [1.807, 2.05) is 22.6 Å². The number of ether oxygens (including phenoxy) is 3. The highest BCUT2D eigenvalue weighted by molar-refractivity contribution is 14.1. The number of halogens is 2. The molecule has 2 aromatic rings. The zero-order valence-corrected chi connectivity index (χ0v) is 18.6. The molecule has 0 bridgehead atoms. The van der Waals surface area contributed by atoms with Crippen LogP contribution in [0.15, 0.2) is 39.9 Å². The van der Waals surface area contributed by atoms with Gasteiger partial charge in [0.25, 0.3) is 5.91 Å². The van der Waals surface area contributed by atoms with Crippen LogP contribution in [0, 0.1) is 3.57 Å². The van der Waals surface area contributed by atoms with Gasteiger partial charge < -0.3 is 19.3 Å². The van der Waals surface area contributed by atoms with Crippen LogP contribution in [0.2, 0.25) is 0 Å². The second kappa shape index (κ2) is 10.3. The Hall–Kier alpha value is -2.34. The highest BCUT2D eigenvalue weighted by Crippen LogP contribution is 2.33. The number of hydrazone groups is 1. The van der Waals surface area contributed by atoms with Crippen molar-refractivity contribution in [3.05, 3.63) is 49.5 Å². The predicted molar refractivity (Wildman–Crippen MR) is 115 cm³/mol. The number of nitrogens with zero attached hydrogens (tertiary/aromatic N) is 1. The summed E-state index contributed by atoms with van der Waals surface area (Å²) in [5, 5.41) is 12.7. The number of methoxy groups -OCH3 is 2. The van der Waals surface area contributed by atoms with E-state index >= 15 is 0 Å². The molecule has 0 saturated heterocycles. The lowest BCUT2D eigenvalue weighted by Gasteiger charge is -2.12. The number of carboxylic acid groups (broad SMARTS) is 1. The molecule has 0 spiro atoms. The topological polar surface area (TPSA) is 106 Å². The third-order valence-electron chi connectivity index (χ3n) is 3.38. The Labute approximate surface area is 183 Å². The Kier molecular flexibility index (Phi) is 8.05. The molecule has 0 radical (unpaired) electrons. The van der Waals surface area contributed by atoms with E-state index in [0.29, 0.717) is 31.9 Å². The van der Waals surface area contributed by atoms with Gasteiger partial charge >= 0.3 is 5.97 Å². The van der Waals surface area contributed by atoms with Crippen molar-refractivity contribution in [1.82, 2.24) is 5.43 Å². The van der Waals surface area contributed by atoms with Crippen LogP contribution in [-0.2, 0) is 4.79 Å². The molecule has 8 nitrogen and oxygen atoms in total. The van der Waals surface area contributed by atoms with Crippen LogP contribution >= 0.6 is 38.5 Å². The molecule has 2 rings (SSSR count). The van der Waals surface area contributed by atoms with Gasteiger partial charge in [0.1, 0.15) is 5.75 Å². The fraction of sp³-hybridized carbons (Fsp3) is 0.167. The molecule has 0 atom stereocenters. The Morgan fingerprint density at radius 2 is 1.93 bits per heavy atom. The van der Waals surface area contributed by atoms with Gasteiger partial charge in [0.05, 0.1) is 29.6 Å². The Morgan fingerprint density at radius 1 is 1.21 bits per heavy atom. The molecule has 0 unspecified atom stereocenters. The lowest BCUT2D eigenvalue weighted by atomic mass is 10.2. The summed E-state index contributed by atoms with van der Waals surface area (Å²) in [6, 6.07) is 8.40. The summed E-state index contributed by atoms with van der Waals surface area (Å²) in [5.41, 5.74) is 3.40. The van der Waals surface area contributed by atoms with Gasteiger partial charge in [-0.3, -0.25) is 4.79 Å². The molecule has 2 N–H and O–H groups in total. The van der Waals surface area contributed by atoms with Crippen molar-refractivity contribution in [2.45, 2.75) is 0 Å². The summed E-state index contributed by atoms with van der Waals surface area (Å²) in [6.45, 7) is -0.482. The van der Waals surface area contributed by atoms with Gasteiger partial charge in [-0.1, -0.05) is 15.9 Å². The van der Waals surface area contributed by atoms with Gasteiger partial charge in [-0.15, -0.1) is 0 Å². The fourth-order valence-corrected chi connectivity index (χ4v) is 3.31. The van der Waals surface area contributed by atoms with E-state index in [4.69, 9.17) is 19.3 Å². The Bertz CT molecular complexity index is 919. The minimum absolute atomic E-state index is 0.325. The second-order valence-electron chi connectivity index (χ2n) is 5.26. The van der Waals surface area contributed by atoms with Gasteiger partial charge in [0.15, 0.2) is 18.1 Å². The minimum atomic E-state index is -1.09. The number of aliphatic carboxylic acids is 1. The van der Waals surface area contributed by atoms with Crippen molar-refractivity contribution in [3.63, 3.8) is 0 Å². The first kappa shape index (κ1) is 22.0. The first-order chi connectivity index (χ1) is 13.3. The largest absolute Gasteiger partial charge is 0.496 e. The summed E-state index contributed by atoms with van der Waals surface area (Å²) in [6.07, 6.45) is 1.44. The SMILES string of the molecule is COc1ccc(Br)cc1C(=O)N/N=C\c1cc(I)c(OCC(=O)O)c(OC)c1. The van der Waals surface area contributed by atoms with Crippen LogP contribution in [0.25, 0.3) is 0 Å². The summed E-state index contributed by atoms with van der Waals surface area (Å²) in [5.74, 6) is -0.418. The molecule has 2 aromatic carbocycles. The van der Waals surface area contributed by atoms with E-state index in [0.717, 1.165) is 4.47 Å². The van der Waals surface area contributed by atoms with Crippen molar-refractivity contribution in [2.24, 2.45) is 5.10 Å². The van der Waals surface area contributed by atoms with E-state index in [9.17, 15) is 9.59 Å². The lowest BCUT2D eigenvalue weighted by Crippen LogP contribution is -2.18. The maximum absolute atomic E-state index is 12.3. The average molecular weight is 563 g/mol. The van der Waals surface area contributed by atoms with Crippen molar-refractivity contribution in [2.75, 3.05) is 20.8 Å². The number of amides is 1. The fourth-order valence-electron chi connectivity index (χ4n) is 2.17. The molecular formula is C18H16BrIN2O6. The third-order valence-corrected chi connectivity index (χ3v) is 4.67. The molecule has 1 amide bonds. The van der Waals surface area contributed by atoms with Gasteiger partial charge in [0, 0.05) is 4.47 Å². The smallest absolute Gasteiger partial charge is 0.341 e. The summed E-state index contributed by atoms with van der Waals surface area (Å²) < 4.78 is 17.0. The third kappa shape index (κ3) is 5.83. The van der Waals surface area contributed by atoms with Crippen molar-refractivity contribution in [3.8, 4) is 17.2 Å². The number of benzene rings is 2. The predicted octanol–water partition coefficient (Wildman–Crippen LogP) is 3.30. The monoisotopic (exact) mass is 562 g/mol. The van der Waals surface area contributed by atoms with Crippen LogP contribution in [0.3, 0.4) is 0 Å². The van der Waals surface area contributed by atoms with E-state index in [1.165, 1.54) is 20.4 Å². The summed E-state index contributed by atoms with van der Waals surface area (Å²) in [4.78, 5) is 23.0. The zero-order chi connectivity index (χ0) is 20.7. The maximum Gasteiger partial charge on any atom is 0.341 e. The van der Waals surface area contributed by atoms with Gasteiger partial charge in [-0.25, -0.2) is 10.2 Å². The molecule has 0 aromatic heterocycles. The number of nitrogens with one attached hydrogen (secondary N) is 1. The molecule has 0 aliphatic carbocycles. The number of rotatable bonds is 8. The van der Waals surface area contributed by atoms with Crippen LogP contribution in [0.4, 0.5) is 0 Å². The number of hydrogen-bond donors (Lipinski definition) is 2. The quantitative estimate of drug-likeness (QED) is 0.290. The highest BCUT2D eigenvalue weighted by atomic mass is 127. The highest BCUT2D eigenvalue weighted by Gasteiger charge is 2.14. The summed E-state index contributed by atoms with van der Waals surface area (Å²) >= 11 is 5.31. The van der Waals surface area contributed by atoms with E-state index in [-0.39, 0.29) is 0 Å². The second-order valence-corrected chi connectivity index (χ2v) is 7.34. The van der Waals surface area contributed by atoms with Crippen molar-refractivity contribution >= 4 is 56.6 Å². The maximum atomic E-state index is 12.3. The van der Waals surface area contributed by atoms with Crippen LogP contribution in [0.1, 0.15) is 15.9 Å². The van der Waals surface area contributed by atoms with Crippen LogP contribution in [-0.4, -0.2) is 44.0 Å². The molecule has 0 aliphatic rings. The number of carbonyl (C=O) groups is 2. The molecule has 0 heterocycles. The molecule has 148 valence electrons. The van der Waals surface area contributed by atoms with Crippen LogP contribution < -0.4 is 19.6 Å². The lowest BCUT2D eigenvalue weighted by molar-refractivity contribution is -0.139. The van der Waals surface area contributed by atoms with E-state index < -0.39 is 18.5 Å². The Balaban J connectivity index is 2.16. The first-order valence-corrected chi connectivity index (χ1v) is 9.62. The minimum Gasteiger partial charge on any atom is -0.496 e. The number of carboxylic acids is 1. The van der Waals surface area contributed by atoms with E-state index in [1.54, 1.807) is 30.3 Å². The number of hydrogen-bond acceptors (Lipinski definition) is 6. The molecule has 0 saturated carbocycles. The van der Waals surface area contributed by atoms with Gasteiger partial charge in [-0.05, 0) is 58.5 Å². The first-order valence-electron chi connectivity index (χ1n) is 7.74. The van der Waals surface area contributed by atoms with Crippen molar-refractivity contribution < 1.29 is 28.9 Å². The molecule has 28 heavy (non-hydrogen) atoms. The normalized spacial score (nSPS) is 10.6. The summed E-state index contributed by atoms with van der Waals surface area (Å²) in [7, 11) is 2.92. The molecule has 0 aliphatic heterocycles. The molecular weight excluding hydrogens is 547 g/mol. The standard InChI is InChI=1S/C18H16BrIN2O6/c1-26-14-4-3-11(19)7-12(14)18(25)22-21-8-10-5-13(20)17(15(6-10)27-2)28-9-16(23)24/h3-8H,9H2,1-2H3,(H,22,25)(H,23,24)/b21-8-. The van der Waals surface area contributed by atoms with Crippen molar-refractivity contribution in [1.29, 1.82) is 0 Å².